The Morgan fingerprint density at radius 1 is 1.00 bits per heavy atom. The molecule has 0 atom stereocenters. The third kappa shape index (κ3) is 4.82. The van der Waals surface area contributed by atoms with Crippen LogP contribution in [0.1, 0.15) is 17.9 Å². The van der Waals surface area contributed by atoms with E-state index in [0.29, 0.717) is 59.3 Å². The molecule has 7 nitrogen and oxygen atoms in total. The molecule has 0 radical (unpaired) electrons. The highest BCUT2D eigenvalue weighted by atomic mass is 35.5. The fraction of sp³-hybridized carbons (Fsp3) is 0.300. The topological polar surface area (TPSA) is 80.9 Å². The van der Waals surface area contributed by atoms with Gasteiger partial charge in [-0.05, 0) is 42.3 Å². The van der Waals surface area contributed by atoms with E-state index in [1.807, 2.05) is 30.3 Å². The van der Waals surface area contributed by atoms with Crippen LogP contribution in [-0.2, 0) is 13.1 Å². The highest BCUT2D eigenvalue weighted by molar-refractivity contribution is 6.42. The molecule has 1 aromatic heterocycles. The molecule has 1 aliphatic heterocycles. The van der Waals surface area contributed by atoms with E-state index in [4.69, 9.17) is 37.2 Å². The van der Waals surface area contributed by atoms with E-state index in [2.05, 4.69) is 15.0 Å². The van der Waals surface area contributed by atoms with Crippen molar-refractivity contribution in [2.45, 2.75) is 19.5 Å². The first-order chi connectivity index (χ1) is 14.1. The standard InChI is InChI=1S/C20H19Cl2N3O4/c21-15-4-2-13(8-16(15)22)10-25(6-1-7-26)11-19-23-20(24-29-19)14-3-5-17-18(9-14)28-12-27-17/h2-5,8-9,26H,1,6-7,10-12H2. The minimum atomic E-state index is 0.101. The fourth-order valence-corrected chi connectivity index (χ4v) is 3.39. The summed E-state index contributed by atoms with van der Waals surface area (Å²) in [5.41, 5.74) is 1.79. The third-order valence-electron chi connectivity index (χ3n) is 4.48. The van der Waals surface area contributed by atoms with Gasteiger partial charge in [0, 0.05) is 25.3 Å². The molecule has 1 N–H and O–H groups in total. The van der Waals surface area contributed by atoms with Crippen molar-refractivity contribution in [1.82, 2.24) is 15.0 Å². The predicted octanol–water partition coefficient (Wildman–Crippen LogP) is 4.16. The number of benzene rings is 2. The Hall–Kier alpha value is -2.32. The van der Waals surface area contributed by atoms with Crippen LogP contribution in [0.4, 0.5) is 0 Å². The summed E-state index contributed by atoms with van der Waals surface area (Å²) < 4.78 is 16.2. The molecule has 0 bridgehead atoms. The molecule has 2 heterocycles. The summed E-state index contributed by atoms with van der Waals surface area (Å²) in [7, 11) is 0. The van der Waals surface area contributed by atoms with E-state index in [1.54, 1.807) is 6.07 Å². The largest absolute Gasteiger partial charge is 0.454 e. The number of halogens is 2. The minimum absolute atomic E-state index is 0.101. The van der Waals surface area contributed by atoms with E-state index >= 15 is 0 Å². The number of aromatic nitrogens is 2. The molecule has 4 rings (SSSR count). The van der Waals surface area contributed by atoms with Crippen LogP contribution in [0.15, 0.2) is 40.9 Å². The van der Waals surface area contributed by atoms with Crippen molar-refractivity contribution < 1.29 is 19.1 Å². The number of ether oxygens (including phenoxy) is 2. The summed E-state index contributed by atoms with van der Waals surface area (Å²) in [6.45, 7) is 2.03. The van der Waals surface area contributed by atoms with E-state index in [0.717, 1.165) is 11.1 Å². The second-order valence-electron chi connectivity index (χ2n) is 6.62. The van der Waals surface area contributed by atoms with Crippen molar-refractivity contribution >= 4 is 23.2 Å². The molecule has 0 saturated carbocycles. The second-order valence-corrected chi connectivity index (χ2v) is 7.43. The Morgan fingerprint density at radius 3 is 2.69 bits per heavy atom. The summed E-state index contributed by atoms with van der Waals surface area (Å²) in [5.74, 6) is 2.33. The minimum Gasteiger partial charge on any atom is -0.454 e. The second kappa shape index (κ2) is 9.00. The van der Waals surface area contributed by atoms with Crippen LogP contribution in [0.2, 0.25) is 10.0 Å². The smallest absolute Gasteiger partial charge is 0.241 e. The van der Waals surface area contributed by atoms with Gasteiger partial charge in [0.05, 0.1) is 16.6 Å². The Balaban J connectivity index is 1.48. The summed E-state index contributed by atoms with van der Waals surface area (Å²) in [6, 6.07) is 11.0. The van der Waals surface area contributed by atoms with E-state index in [9.17, 15) is 5.11 Å². The zero-order chi connectivity index (χ0) is 20.2. The molecular weight excluding hydrogens is 417 g/mol. The predicted molar refractivity (Wildman–Crippen MR) is 108 cm³/mol. The average Bonchev–Trinajstić information content (AvgIpc) is 3.37. The molecule has 0 spiro atoms. The third-order valence-corrected chi connectivity index (χ3v) is 5.22. The van der Waals surface area contributed by atoms with E-state index in [-0.39, 0.29) is 13.4 Å². The lowest BCUT2D eigenvalue weighted by Gasteiger charge is -2.20. The zero-order valence-corrected chi connectivity index (χ0v) is 17.0. The number of nitrogens with zero attached hydrogens (tertiary/aromatic N) is 3. The Kier molecular flexibility index (Phi) is 6.20. The van der Waals surface area contributed by atoms with Gasteiger partial charge in [-0.1, -0.05) is 34.4 Å². The molecule has 152 valence electrons. The summed E-state index contributed by atoms with van der Waals surface area (Å²) >= 11 is 12.1. The first kappa shape index (κ1) is 20.0. The Labute approximate surface area is 177 Å². The number of aliphatic hydroxyl groups excluding tert-OH is 1. The molecule has 0 fully saturated rings. The maximum atomic E-state index is 9.22. The van der Waals surface area contributed by atoms with Crippen LogP contribution in [-0.4, -0.2) is 40.1 Å². The lowest BCUT2D eigenvalue weighted by molar-refractivity contribution is 0.174. The van der Waals surface area contributed by atoms with Gasteiger partial charge >= 0.3 is 0 Å². The monoisotopic (exact) mass is 435 g/mol. The van der Waals surface area contributed by atoms with Crippen LogP contribution in [0.25, 0.3) is 11.4 Å². The highest BCUT2D eigenvalue weighted by Gasteiger charge is 2.18. The maximum absolute atomic E-state index is 9.22. The number of hydrogen-bond donors (Lipinski definition) is 1. The van der Waals surface area contributed by atoms with Crippen LogP contribution >= 0.6 is 23.2 Å². The molecule has 9 heteroatoms. The quantitative estimate of drug-likeness (QED) is 0.568. The van der Waals surface area contributed by atoms with Gasteiger partial charge in [-0.25, -0.2) is 0 Å². The molecule has 0 saturated heterocycles. The van der Waals surface area contributed by atoms with Gasteiger partial charge in [0.2, 0.25) is 18.5 Å². The fourth-order valence-electron chi connectivity index (χ4n) is 3.07. The number of hydrogen-bond acceptors (Lipinski definition) is 7. The van der Waals surface area contributed by atoms with Crippen molar-refractivity contribution in [3.05, 3.63) is 57.9 Å². The first-order valence-electron chi connectivity index (χ1n) is 9.12. The number of fused-ring (bicyclic) bond motifs is 1. The summed E-state index contributed by atoms with van der Waals surface area (Å²) in [6.07, 6.45) is 0.629. The molecule has 29 heavy (non-hydrogen) atoms. The van der Waals surface area contributed by atoms with E-state index in [1.165, 1.54) is 0 Å². The molecule has 2 aromatic carbocycles. The summed E-state index contributed by atoms with van der Waals surface area (Å²) in [5, 5.41) is 14.3. The Bertz CT molecular complexity index is 996. The van der Waals surface area contributed by atoms with Crippen LogP contribution in [0.5, 0.6) is 11.5 Å². The molecule has 0 aliphatic carbocycles. The van der Waals surface area contributed by atoms with Gasteiger partial charge in [0.15, 0.2) is 11.5 Å². The average molecular weight is 436 g/mol. The van der Waals surface area contributed by atoms with Gasteiger partial charge < -0.3 is 19.1 Å². The van der Waals surface area contributed by atoms with Gasteiger partial charge in [-0.15, -0.1) is 0 Å². The lowest BCUT2D eigenvalue weighted by Crippen LogP contribution is -2.25. The normalized spacial score (nSPS) is 12.7. The number of rotatable bonds is 8. The van der Waals surface area contributed by atoms with Crippen LogP contribution < -0.4 is 9.47 Å². The van der Waals surface area contributed by atoms with Crippen molar-refractivity contribution in [3.8, 4) is 22.9 Å². The van der Waals surface area contributed by atoms with Crippen LogP contribution in [0, 0.1) is 0 Å². The van der Waals surface area contributed by atoms with Gasteiger partial charge in [0.1, 0.15) is 0 Å². The van der Waals surface area contributed by atoms with Crippen molar-refractivity contribution in [3.63, 3.8) is 0 Å². The first-order valence-corrected chi connectivity index (χ1v) is 9.88. The number of aliphatic hydroxyl groups is 1. The molecule has 1 aliphatic rings. The SMILES string of the molecule is OCCCN(Cc1ccc(Cl)c(Cl)c1)Cc1nc(-c2ccc3c(c2)OCO3)no1. The summed E-state index contributed by atoms with van der Waals surface area (Å²) in [4.78, 5) is 6.61. The molecular formula is C20H19Cl2N3O4. The lowest BCUT2D eigenvalue weighted by atomic mass is 10.2. The van der Waals surface area contributed by atoms with Crippen LogP contribution in [0.3, 0.4) is 0 Å². The molecule has 0 amide bonds. The van der Waals surface area contributed by atoms with Crippen molar-refractivity contribution in [1.29, 1.82) is 0 Å². The molecule has 0 unspecified atom stereocenters. The van der Waals surface area contributed by atoms with Crippen molar-refractivity contribution in [2.75, 3.05) is 19.9 Å². The Morgan fingerprint density at radius 2 is 1.86 bits per heavy atom. The zero-order valence-electron chi connectivity index (χ0n) is 15.5. The van der Waals surface area contributed by atoms with Gasteiger partial charge in [-0.2, -0.15) is 4.98 Å². The molecule has 3 aromatic rings. The highest BCUT2D eigenvalue weighted by Crippen LogP contribution is 2.35. The van der Waals surface area contributed by atoms with Crippen molar-refractivity contribution in [2.24, 2.45) is 0 Å². The van der Waals surface area contributed by atoms with Gasteiger partial charge in [0.25, 0.3) is 0 Å². The maximum Gasteiger partial charge on any atom is 0.241 e. The van der Waals surface area contributed by atoms with Gasteiger partial charge in [-0.3, -0.25) is 4.90 Å². The van der Waals surface area contributed by atoms with E-state index < -0.39 is 0 Å².